The first kappa shape index (κ1) is 37.8. The molecule has 0 saturated heterocycles. The SMILES string of the molecule is c1ccc(-c2nc(-c3cc(-n4c5ccccc5c5ccccc54)cc(-n4c5ccccc5c5ccccc54)c3)nc(-c3ccc4c(c3)-c3ccccc3-c3cccc5c6ccccc6n-4c35)n2)cc1. The van der Waals surface area contributed by atoms with Gasteiger partial charge in [-0.1, -0.05) is 164 Å². The maximum Gasteiger partial charge on any atom is 0.164 e. The quantitative estimate of drug-likeness (QED) is 0.173. The molecule has 0 bridgehead atoms. The lowest BCUT2D eigenvalue weighted by atomic mass is 9.93. The molecule has 0 aliphatic carbocycles. The van der Waals surface area contributed by atoms with Crippen LogP contribution in [0.15, 0.2) is 231 Å². The summed E-state index contributed by atoms with van der Waals surface area (Å²) in [4.78, 5) is 16.2. The first-order chi connectivity index (χ1) is 34.2. The largest absolute Gasteiger partial charge is 0.309 e. The summed E-state index contributed by atoms with van der Waals surface area (Å²) >= 11 is 0. The Hall–Kier alpha value is -9.39. The van der Waals surface area contributed by atoms with E-state index < -0.39 is 0 Å². The second kappa shape index (κ2) is 14.6. The highest BCUT2D eigenvalue weighted by molar-refractivity contribution is 6.17. The normalized spacial score (nSPS) is 12.1. The molecule has 5 heterocycles. The zero-order valence-corrected chi connectivity index (χ0v) is 37.1. The number of hydrogen-bond donors (Lipinski definition) is 0. The fourth-order valence-electron chi connectivity index (χ4n) is 11.3. The summed E-state index contributed by atoms with van der Waals surface area (Å²) in [6, 6.07) is 82.7. The predicted molar refractivity (Wildman–Crippen MR) is 284 cm³/mol. The van der Waals surface area contributed by atoms with Gasteiger partial charge in [0.1, 0.15) is 0 Å². The van der Waals surface area contributed by atoms with Gasteiger partial charge in [-0.2, -0.15) is 0 Å². The summed E-state index contributed by atoms with van der Waals surface area (Å²) in [5.41, 5.74) is 17.5. The number of para-hydroxylation sites is 6. The van der Waals surface area contributed by atoms with Crippen molar-refractivity contribution in [2.75, 3.05) is 0 Å². The molecule has 69 heavy (non-hydrogen) atoms. The van der Waals surface area contributed by atoms with E-state index >= 15 is 0 Å². The van der Waals surface area contributed by atoms with Gasteiger partial charge in [0.2, 0.25) is 0 Å². The first-order valence-electron chi connectivity index (χ1n) is 23.4. The Kier molecular flexibility index (Phi) is 7.97. The van der Waals surface area contributed by atoms with Crippen molar-refractivity contribution in [3.63, 3.8) is 0 Å². The van der Waals surface area contributed by atoms with Gasteiger partial charge in [0.15, 0.2) is 17.5 Å². The van der Waals surface area contributed by atoms with Crippen LogP contribution in [0.4, 0.5) is 0 Å². The molecular formula is C63H38N6. The van der Waals surface area contributed by atoms with Crippen LogP contribution in [0.5, 0.6) is 0 Å². The Morgan fingerprint density at radius 2 is 0.652 bits per heavy atom. The predicted octanol–water partition coefficient (Wildman–Crippen LogP) is 15.8. The van der Waals surface area contributed by atoms with E-state index in [1.54, 1.807) is 0 Å². The molecule has 0 fully saturated rings. The van der Waals surface area contributed by atoms with Crippen molar-refractivity contribution in [2.45, 2.75) is 0 Å². The molecule has 0 unspecified atom stereocenters. The third-order valence-electron chi connectivity index (χ3n) is 14.2. The molecule has 10 aromatic carbocycles. The van der Waals surface area contributed by atoms with Gasteiger partial charge in [-0.25, -0.2) is 15.0 Å². The smallest absolute Gasteiger partial charge is 0.164 e. The molecule has 0 N–H and O–H groups in total. The van der Waals surface area contributed by atoms with Crippen molar-refractivity contribution < 1.29 is 0 Å². The van der Waals surface area contributed by atoms with Crippen LogP contribution in [0.3, 0.4) is 0 Å². The minimum Gasteiger partial charge on any atom is -0.309 e. The van der Waals surface area contributed by atoms with Crippen molar-refractivity contribution in [1.29, 1.82) is 0 Å². The van der Waals surface area contributed by atoms with Gasteiger partial charge in [-0.3, -0.25) is 0 Å². The summed E-state index contributed by atoms with van der Waals surface area (Å²) in [7, 11) is 0. The second-order valence-electron chi connectivity index (χ2n) is 18.0. The Morgan fingerprint density at radius 3 is 1.20 bits per heavy atom. The lowest BCUT2D eigenvalue weighted by Gasteiger charge is -2.16. The number of hydrogen-bond acceptors (Lipinski definition) is 3. The van der Waals surface area contributed by atoms with Crippen molar-refractivity contribution in [2.24, 2.45) is 0 Å². The molecule has 0 radical (unpaired) electrons. The van der Waals surface area contributed by atoms with Crippen molar-refractivity contribution >= 4 is 65.4 Å². The third kappa shape index (κ3) is 5.57. The number of fused-ring (bicyclic) bond motifs is 14. The molecular weight excluding hydrogens is 841 g/mol. The highest BCUT2D eigenvalue weighted by atomic mass is 15.1. The minimum atomic E-state index is 0.587. The van der Waals surface area contributed by atoms with E-state index in [0.29, 0.717) is 17.5 Å². The maximum atomic E-state index is 5.49. The average Bonchev–Trinajstić information content (AvgIpc) is 4.04. The van der Waals surface area contributed by atoms with Gasteiger partial charge in [0.05, 0.1) is 38.8 Å². The number of nitrogens with zero attached hydrogens (tertiary/aromatic N) is 6. The van der Waals surface area contributed by atoms with E-state index in [4.69, 9.17) is 15.0 Å². The van der Waals surface area contributed by atoms with Gasteiger partial charge in [0, 0.05) is 71.5 Å². The van der Waals surface area contributed by atoms with Crippen LogP contribution in [0.2, 0.25) is 0 Å². The topological polar surface area (TPSA) is 53.5 Å². The highest BCUT2D eigenvalue weighted by Gasteiger charge is 2.26. The number of benzene rings is 10. The van der Waals surface area contributed by atoms with Crippen LogP contribution >= 0.6 is 0 Å². The summed E-state index contributed by atoms with van der Waals surface area (Å²) in [5, 5.41) is 7.29. The zero-order valence-electron chi connectivity index (χ0n) is 37.1. The van der Waals surface area contributed by atoms with Crippen molar-refractivity contribution in [3.05, 3.63) is 231 Å². The monoisotopic (exact) mass is 878 g/mol. The third-order valence-corrected chi connectivity index (χ3v) is 14.2. The van der Waals surface area contributed by atoms with E-state index in [2.05, 4.69) is 226 Å². The van der Waals surface area contributed by atoms with Gasteiger partial charge in [-0.15, -0.1) is 0 Å². The molecule has 0 amide bonds. The Labute approximate surface area is 396 Å². The number of aromatic nitrogens is 6. The van der Waals surface area contributed by atoms with Gasteiger partial charge in [0.25, 0.3) is 0 Å². The fourth-order valence-corrected chi connectivity index (χ4v) is 11.3. The lowest BCUT2D eigenvalue weighted by Crippen LogP contribution is -2.04. The van der Waals surface area contributed by atoms with Crippen LogP contribution < -0.4 is 0 Å². The molecule has 4 aromatic heterocycles. The van der Waals surface area contributed by atoms with E-state index in [9.17, 15) is 0 Å². The van der Waals surface area contributed by atoms with Crippen LogP contribution in [-0.4, -0.2) is 28.7 Å². The van der Waals surface area contributed by atoms with Gasteiger partial charge < -0.3 is 13.7 Å². The van der Waals surface area contributed by atoms with E-state index in [1.165, 1.54) is 60.0 Å². The Morgan fingerprint density at radius 1 is 0.246 bits per heavy atom. The lowest BCUT2D eigenvalue weighted by molar-refractivity contribution is 1.07. The molecule has 0 atom stereocenters. The van der Waals surface area contributed by atoms with Crippen molar-refractivity contribution in [1.82, 2.24) is 28.7 Å². The molecule has 14 aromatic rings. The molecule has 15 rings (SSSR count). The first-order valence-corrected chi connectivity index (χ1v) is 23.4. The van der Waals surface area contributed by atoms with Crippen LogP contribution in [-0.2, 0) is 0 Å². The van der Waals surface area contributed by atoms with Gasteiger partial charge >= 0.3 is 0 Å². The molecule has 6 nitrogen and oxygen atoms in total. The van der Waals surface area contributed by atoms with Crippen LogP contribution in [0.25, 0.3) is 139 Å². The Balaban J connectivity index is 1.01. The maximum absolute atomic E-state index is 5.49. The van der Waals surface area contributed by atoms with Gasteiger partial charge in [-0.05, 0) is 77.9 Å². The second-order valence-corrected chi connectivity index (χ2v) is 18.0. The van der Waals surface area contributed by atoms with Crippen molar-refractivity contribution in [3.8, 4) is 73.5 Å². The summed E-state index contributed by atoms with van der Waals surface area (Å²) in [6.45, 7) is 0. The van der Waals surface area contributed by atoms with Crippen LogP contribution in [0.1, 0.15) is 0 Å². The molecule has 6 heteroatoms. The van der Waals surface area contributed by atoms with E-state index in [-0.39, 0.29) is 0 Å². The summed E-state index contributed by atoms with van der Waals surface area (Å²) in [6.07, 6.45) is 0. The Bertz CT molecular complexity index is 4200. The molecule has 0 saturated carbocycles. The number of rotatable bonds is 5. The highest BCUT2D eigenvalue weighted by Crippen LogP contribution is 2.47. The zero-order chi connectivity index (χ0) is 45.2. The summed E-state index contributed by atoms with van der Waals surface area (Å²) in [5.74, 6) is 1.80. The van der Waals surface area contributed by atoms with E-state index in [1.807, 2.05) is 18.2 Å². The summed E-state index contributed by atoms with van der Waals surface area (Å²) < 4.78 is 7.22. The standard InChI is InChI=1S/C63H38N6/c1-2-17-39(18-3-1)61-64-62(40-33-34-59-53(37-40)45-20-5-4-19-44(45)51-26-16-27-52-50-25-10-15-32-58(50)69(59)60(51)52)66-63(65-61)41-35-42(67-54-28-11-6-21-46(54)47-22-7-12-29-55(47)67)38-43(36-41)68-56-30-13-8-23-48(56)49-24-9-14-31-57(49)68/h1-38H. The molecule has 1 aliphatic heterocycles. The fraction of sp³-hybridized carbons (Fsp3) is 0. The molecule has 1 aliphatic rings. The molecule has 0 spiro atoms. The average molecular weight is 879 g/mol. The van der Waals surface area contributed by atoms with E-state index in [0.717, 1.165) is 61.4 Å². The minimum absolute atomic E-state index is 0.587. The van der Waals surface area contributed by atoms with Crippen LogP contribution in [0, 0.1) is 0 Å². The molecule has 320 valence electrons.